The molecule has 2 nitrogen and oxygen atoms in total. The molecule has 10 aromatic rings. The number of fused-ring (bicyclic) bond motifs is 9. The maximum absolute atomic E-state index is 9.66. The highest BCUT2D eigenvalue weighted by Crippen LogP contribution is 2.53. The molecular formula is C48H30N2. The third-order valence-corrected chi connectivity index (χ3v) is 10.8. The Morgan fingerprint density at radius 1 is 0.340 bits per heavy atom. The molecule has 0 N–H and O–H groups in total. The van der Waals surface area contributed by atoms with Crippen LogP contribution in [-0.4, -0.2) is 0 Å². The van der Waals surface area contributed by atoms with Gasteiger partial charge >= 0.3 is 0 Å². The summed E-state index contributed by atoms with van der Waals surface area (Å²) >= 11 is 0. The van der Waals surface area contributed by atoms with Crippen LogP contribution in [0.4, 0.5) is 0 Å². The van der Waals surface area contributed by atoms with Gasteiger partial charge in [-0.25, -0.2) is 0 Å². The van der Waals surface area contributed by atoms with Crippen molar-refractivity contribution in [3.63, 3.8) is 0 Å². The van der Waals surface area contributed by atoms with E-state index >= 15 is 0 Å². The van der Waals surface area contributed by atoms with Crippen LogP contribution in [0.15, 0.2) is 109 Å². The zero-order chi connectivity index (χ0) is 34.0. The zero-order valence-electron chi connectivity index (χ0n) is 28.3. The summed E-state index contributed by atoms with van der Waals surface area (Å²) in [6, 6.07) is 44.3. The van der Waals surface area contributed by atoms with E-state index in [1.165, 1.54) is 109 Å². The molecule has 0 amide bonds. The lowest BCUT2D eigenvalue weighted by molar-refractivity contribution is 1.48. The number of rotatable bonds is 2. The SMILES string of the molecule is Cc1cc2cc(C)cc3c2c(c1)c1c(-c2ccc(C#N)cc2)cc2c(cc(-c4ccc(C#N)cc4)c4c5cc(C)cc6cc(C)cc(c65)c24)c31. The number of hydrogen-bond acceptors (Lipinski definition) is 2. The van der Waals surface area contributed by atoms with Gasteiger partial charge in [-0.1, -0.05) is 72.8 Å². The Morgan fingerprint density at radius 2 is 0.660 bits per heavy atom. The number of nitrogens with zero attached hydrogens (tertiary/aromatic N) is 2. The van der Waals surface area contributed by atoms with Gasteiger partial charge < -0.3 is 0 Å². The third kappa shape index (κ3) is 3.82. The van der Waals surface area contributed by atoms with E-state index in [2.05, 4.69) is 125 Å². The summed E-state index contributed by atoms with van der Waals surface area (Å²) in [4.78, 5) is 0. The third-order valence-electron chi connectivity index (χ3n) is 10.8. The Bertz CT molecular complexity index is 2940. The minimum atomic E-state index is 0.656. The molecule has 10 aromatic carbocycles. The van der Waals surface area contributed by atoms with Crippen molar-refractivity contribution in [3.8, 4) is 34.4 Å². The lowest BCUT2D eigenvalue weighted by Crippen LogP contribution is -1.88. The van der Waals surface area contributed by atoms with Crippen molar-refractivity contribution in [2.24, 2.45) is 0 Å². The monoisotopic (exact) mass is 634 g/mol. The molecule has 0 aliphatic carbocycles. The zero-order valence-corrected chi connectivity index (χ0v) is 28.3. The van der Waals surface area contributed by atoms with Gasteiger partial charge in [0.2, 0.25) is 0 Å². The molecule has 0 saturated carbocycles. The van der Waals surface area contributed by atoms with Crippen LogP contribution in [0.25, 0.3) is 97.7 Å². The molecule has 0 aromatic heterocycles. The Kier molecular flexibility index (Phi) is 5.72. The maximum atomic E-state index is 9.66. The molecule has 232 valence electrons. The molecule has 0 bridgehead atoms. The molecule has 0 atom stereocenters. The number of benzene rings is 8. The van der Waals surface area contributed by atoms with E-state index in [-0.39, 0.29) is 0 Å². The van der Waals surface area contributed by atoms with Gasteiger partial charge in [0, 0.05) is 0 Å². The first-order chi connectivity index (χ1) is 24.3. The summed E-state index contributed by atoms with van der Waals surface area (Å²) in [6.45, 7) is 8.78. The lowest BCUT2D eigenvalue weighted by atomic mass is 9.88. The van der Waals surface area contributed by atoms with E-state index in [0.717, 1.165) is 11.1 Å². The van der Waals surface area contributed by atoms with Crippen LogP contribution in [-0.2, 0) is 0 Å². The van der Waals surface area contributed by atoms with Crippen molar-refractivity contribution >= 4 is 75.4 Å². The Labute approximate surface area is 289 Å². The fourth-order valence-corrected chi connectivity index (χ4v) is 8.98. The number of nitriles is 2. The standard InChI is InChI=1S/C48H30N2/c1-25-13-33-15-27(3)19-41-43(33)39(17-25)45-35(31-9-5-29(23-49)6-10-31)21-38-37(47(41)45)22-36(32-11-7-30(24-50)8-12-32)46-40-18-26(2)14-34-16-28(4)20-42(44(34)40)48(38)46/h5-22H,1-4H3. The molecule has 10 rings (SSSR count). The van der Waals surface area contributed by atoms with Gasteiger partial charge in [0.1, 0.15) is 0 Å². The summed E-state index contributed by atoms with van der Waals surface area (Å²) in [5.74, 6) is 0. The molecule has 0 unspecified atom stereocenters. The summed E-state index contributed by atoms with van der Waals surface area (Å²) in [5, 5.41) is 37.0. The average Bonchev–Trinajstić information content (AvgIpc) is 3.61. The molecule has 0 spiro atoms. The van der Waals surface area contributed by atoms with Gasteiger partial charge in [0.25, 0.3) is 0 Å². The first-order valence-corrected chi connectivity index (χ1v) is 17.1. The fourth-order valence-electron chi connectivity index (χ4n) is 8.98. The van der Waals surface area contributed by atoms with Crippen molar-refractivity contribution in [2.75, 3.05) is 0 Å². The predicted octanol–water partition coefficient (Wildman–Crippen LogP) is 12.9. The molecule has 0 saturated heterocycles. The summed E-state index contributed by atoms with van der Waals surface area (Å²) in [5.41, 5.74) is 10.8. The molecule has 0 radical (unpaired) electrons. The number of aryl methyl sites for hydroxylation is 4. The van der Waals surface area contributed by atoms with E-state index < -0.39 is 0 Å². The van der Waals surface area contributed by atoms with Crippen molar-refractivity contribution in [1.29, 1.82) is 10.5 Å². The van der Waals surface area contributed by atoms with E-state index in [0.29, 0.717) is 11.1 Å². The fraction of sp³-hybridized carbons (Fsp3) is 0.0833. The first-order valence-electron chi connectivity index (χ1n) is 17.1. The summed E-state index contributed by atoms with van der Waals surface area (Å²) in [6.07, 6.45) is 0. The van der Waals surface area contributed by atoms with Crippen molar-refractivity contribution in [2.45, 2.75) is 27.7 Å². The van der Waals surface area contributed by atoms with Crippen molar-refractivity contribution in [3.05, 3.63) is 143 Å². The largest absolute Gasteiger partial charge is 0.192 e. The molecule has 50 heavy (non-hydrogen) atoms. The molecule has 2 heteroatoms. The van der Waals surface area contributed by atoms with Crippen LogP contribution in [0.2, 0.25) is 0 Å². The highest BCUT2D eigenvalue weighted by atomic mass is 14.3. The van der Waals surface area contributed by atoms with Gasteiger partial charge in [-0.3, -0.25) is 0 Å². The van der Waals surface area contributed by atoms with Crippen molar-refractivity contribution in [1.82, 2.24) is 0 Å². The minimum Gasteiger partial charge on any atom is -0.192 e. The van der Waals surface area contributed by atoms with E-state index in [1.807, 2.05) is 24.3 Å². The van der Waals surface area contributed by atoms with Gasteiger partial charge in [-0.05, 0) is 184 Å². The second-order valence-electron chi connectivity index (χ2n) is 14.3. The normalized spacial score (nSPS) is 12.0. The molecular weight excluding hydrogens is 605 g/mol. The maximum Gasteiger partial charge on any atom is 0.0991 e. The molecule has 0 aliphatic heterocycles. The predicted molar refractivity (Wildman–Crippen MR) is 211 cm³/mol. The quantitative estimate of drug-likeness (QED) is 0.190. The summed E-state index contributed by atoms with van der Waals surface area (Å²) < 4.78 is 0. The average molecular weight is 635 g/mol. The molecule has 0 fully saturated rings. The van der Waals surface area contributed by atoms with Gasteiger partial charge in [0.05, 0.1) is 23.3 Å². The van der Waals surface area contributed by atoms with E-state index in [4.69, 9.17) is 0 Å². The van der Waals surface area contributed by atoms with E-state index in [1.54, 1.807) is 0 Å². The van der Waals surface area contributed by atoms with Crippen LogP contribution >= 0.6 is 0 Å². The Balaban J connectivity index is 1.53. The van der Waals surface area contributed by atoms with E-state index in [9.17, 15) is 10.5 Å². The first kappa shape index (κ1) is 28.5. The highest BCUT2D eigenvalue weighted by molar-refractivity contribution is 6.44. The Hall–Kier alpha value is -6.48. The van der Waals surface area contributed by atoms with Crippen molar-refractivity contribution < 1.29 is 0 Å². The second-order valence-corrected chi connectivity index (χ2v) is 14.3. The second kappa shape index (κ2) is 10.0. The van der Waals surface area contributed by atoms with Gasteiger partial charge in [-0.15, -0.1) is 0 Å². The smallest absolute Gasteiger partial charge is 0.0991 e. The number of hydrogen-bond donors (Lipinski definition) is 0. The highest BCUT2D eigenvalue weighted by Gasteiger charge is 2.25. The minimum absolute atomic E-state index is 0.656. The van der Waals surface area contributed by atoms with Crippen LogP contribution in [0, 0.1) is 50.4 Å². The summed E-state index contributed by atoms with van der Waals surface area (Å²) in [7, 11) is 0. The van der Waals surface area contributed by atoms with Crippen LogP contribution in [0.3, 0.4) is 0 Å². The molecule has 0 aliphatic rings. The topological polar surface area (TPSA) is 47.6 Å². The molecule has 0 heterocycles. The Morgan fingerprint density at radius 3 is 0.980 bits per heavy atom. The van der Waals surface area contributed by atoms with Crippen LogP contribution in [0.1, 0.15) is 33.4 Å². The lowest BCUT2D eigenvalue weighted by Gasteiger charge is -2.15. The van der Waals surface area contributed by atoms with Crippen LogP contribution < -0.4 is 0 Å². The van der Waals surface area contributed by atoms with Gasteiger partial charge in [-0.2, -0.15) is 10.5 Å². The van der Waals surface area contributed by atoms with Gasteiger partial charge in [0.15, 0.2) is 0 Å². The van der Waals surface area contributed by atoms with Crippen LogP contribution in [0.5, 0.6) is 0 Å².